The van der Waals surface area contributed by atoms with Gasteiger partial charge in [-0.05, 0) is 6.92 Å². The van der Waals surface area contributed by atoms with E-state index < -0.39 is 5.60 Å². The van der Waals surface area contributed by atoms with Crippen molar-refractivity contribution >= 4 is 22.4 Å². The predicted octanol–water partition coefficient (Wildman–Crippen LogP) is 0.946. The quantitative estimate of drug-likeness (QED) is 0.377. The molecule has 0 bridgehead atoms. The van der Waals surface area contributed by atoms with E-state index in [0.717, 1.165) is 0 Å². The standard InChI is InChI=1S/C6H7BrO2/c1-3-6(2,4-7)9-5-8/h1,5H,4H2,2H3. The van der Waals surface area contributed by atoms with Gasteiger partial charge in [-0.1, -0.05) is 21.9 Å². The largest absolute Gasteiger partial charge is 0.447 e. The van der Waals surface area contributed by atoms with Crippen LogP contribution in [0.1, 0.15) is 6.92 Å². The van der Waals surface area contributed by atoms with Gasteiger partial charge in [0.05, 0.1) is 5.33 Å². The van der Waals surface area contributed by atoms with Crippen molar-refractivity contribution in [2.75, 3.05) is 5.33 Å². The van der Waals surface area contributed by atoms with E-state index in [1.165, 1.54) is 0 Å². The summed E-state index contributed by atoms with van der Waals surface area (Å²) in [5.41, 5.74) is -0.790. The van der Waals surface area contributed by atoms with Gasteiger partial charge in [0.25, 0.3) is 6.47 Å². The van der Waals surface area contributed by atoms with Crippen molar-refractivity contribution in [1.29, 1.82) is 0 Å². The average Bonchev–Trinajstić information content (AvgIpc) is 1.89. The Balaban J connectivity index is 3.96. The van der Waals surface area contributed by atoms with Crippen LogP contribution in [0.5, 0.6) is 0 Å². The van der Waals surface area contributed by atoms with Gasteiger partial charge in [-0.15, -0.1) is 6.42 Å². The van der Waals surface area contributed by atoms with Crippen LogP contribution in [-0.4, -0.2) is 17.4 Å². The van der Waals surface area contributed by atoms with E-state index in [2.05, 4.69) is 26.6 Å². The Morgan fingerprint density at radius 2 is 2.56 bits per heavy atom. The Bertz CT molecular complexity index is 138. The average molecular weight is 191 g/mol. The van der Waals surface area contributed by atoms with Crippen LogP contribution in [0.4, 0.5) is 0 Å². The molecule has 0 aromatic carbocycles. The molecule has 0 fully saturated rings. The van der Waals surface area contributed by atoms with Gasteiger partial charge in [-0.25, -0.2) is 0 Å². The van der Waals surface area contributed by atoms with Gasteiger partial charge in [0, 0.05) is 0 Å². The van der Waals surface area contributed by atoms with E-state index in [4.69, 9.17) is 6.42 Å². The zero-order valence-electron chi connectivity index (χ0n) is 5.06. The van der Waals surface area contributed by atoms with Crippen molar-refractivity contribution in [3.05, 3.63) is 0 Å². The van der Waals surface area contributed by atoms with Gasteiger partial charge in [-0.2, -0.15) is 0 Å². The maximum absolute atomic E-state index is 9.80. The summed E-state index contributed by atoms with van der Waals surface area (Å²) >= 11 is 3.11. The first-order chi connectivity index (χ1) is 4.18. The molecule has 0 saturated heterocycles. The lowest BCUT2D eigenvalue weighted by Gasteiger charge is -2.16. The molecule has 0 aromatic heterocycles. The molecule has 0 saturated carbocycles. The van der Waals surface area contributed by atoms with Crippen LogP contribution in [0, 0.1) is 12.3 Å². The van der Waals surface area contributed by atoms with Crippen LogP contribution >= 0.6 is 15.9 Å². The minimum Gasteiger partial charge on any atom is -0.447 e. The molecule has 2 nitrogen and oxygen atoms in total. The lowest BCUT2D eigenvalue weighted by Crippen LogP contribution is -2.27. The molecular weight excluding hydrogens is 184 g/mol. The zero-order valence-corrected chi connectivity index (χ0v) is 6.64. The fourth-order valence-corrected chi connectivity index (χ4v) is 0.504. The van der Waals surface area contributed by atoms with E-state index in [-0.39, 0.29) is 0 Å². The van der Waals surface area contributed by atoms with Crippen molar-refractivity contribution in [1.82, 2.24) is 0 Å². The minimum absolute atomic E-state index is 0.348. The fourth-order valence-electron chi connectivity index (χ4n) is 0.210. The van der Waals surface area contributed by atoms with Crippen LogP contribution in [0.2, 0.25) is 0 Å². The van der Waals surface area contributed by atoms with E-state index >= 15 is 0 Å². The Hall–Kier alpha value is -0.490. The van der Waals surface area contributed by atoms with Crippen molar-refractivity contribution < 1.29 is 9.53 Å². The van der Waals surface area contributed by atoms with E-state index in [1.54, 1.807) is 6.92 Å². The summed E-state index contributed by atoms with van der Waals surface area (Å²) in [6.45, 7) is 2.00. The summed E-state index contributed by atoms with van der Waals surface area (Å²) in [6.07, 6.45) is 5.04. The molecule has 0 aliphatic rings. The highest BCUT2D eigenvalue weighted by molar-refractivity contribution is 9.09. The first-order valence-electron chi connectivity index (χ1n) is 2.34. The smallest absolute Gasteiger partial charge is 0.294 e. The summed E-state index contributed by atoms with van der Waals surface area (Å²) in [5.74, 6) is 2.33. The number of ether oxygens (including phenoxy) is 1. The molecule has 9 heavy (non-hydrogen) atoms. The number of hydrogen-bond donors (Lipinski definition) is 0. The van der Waals surface area contributed by atoms with Gasteiger partial charge in [0.2, 0.25) is 0 Å². The lowest BCUT2D eigenvalue weighted by atomic mass is 10.2. The zero-order chi connectivity index (χ0) is 7.33. The first kappa shape index (κ1) is 8.51. The number of alkyl halides is 1. The SMILES string of the molecule is C#CC(C)(CBr)OC=O. The molecular formula is C6H7BrO2. The molecule has 1 atom stereocenters. The summed E-state index contributed by atoms with van der Waals surface area (Å²) < 4.78 is 4.56. The molecule has 50 valence electrons. The third-order valence-electron chi connectivity index (χ3n) is 0.869. The summed E-state index contributed by atoms with van der Waals surface area (Å²) in [7, 11) is 0. The molecule has 0 aliphatic heterocycles. The number of carbonyl (C=O) groups excluding carboxylic acids is 1. The van der Waals surface area contributed by atoms with Crippen LogP contribution in [0.3, 0.4) is 0 Å². The first-order valence-corrected chi connectivity index (χ1v) is 3.46. The molecule has 0 rings (SSSR count). The molecule has 1 unspecified atom stereocenters. The lowest BCUT2D eigenvalue weighted by molar-refractivity contribution is -0.135. The van der Waals surface area contributed by atoms with E-state index in [9.17, 15) is 4.79 Å². The van der Waals surface area contributed by atoms with E-state index in [1.807, 2.05) is 0 Å². The van der Waals surface area contributed by atoms with Gasteiger partial charge in [-0.3, -0.25) is 4.79 Å². The molecule has 0 N–H and O–H groups in total. The monoisotopic (exact) mass is 190 g/mol. The summed E-state index contributed by atoms with van der Waals surface area (Å²) in [4.78, 5) is 9.80. The highest BCUT2D eigenvalue weighted by Crippen LogP contribution is 2.09. The predicted molar refractivity (Wildman–Crippen MR) is 38.2 cm³/mol. The Kier molecular flexibility index (Phi) is 3.33. The van der Waals surface area contributed by atoms with Crippen molar-refractivity contribution in [3.8, 4) is 12.3 Å². The molecule has 0 aliphatic carbocycles. The number of carbonyl (C=O) groups is 1. The number of hydrogen-bond acceptors (Lipinski definition) is 2. The second kappa shape index (κ2) is 3.52. The highest BCUT2D eigenvalue weighted by Gasteiger charge is 2.19. The normalized spacial score (nSPS) is 15.2. The highest BCUT2D eigenvalue weighted by atomic mass is 79.9. The van der Waals surface area contributed by atoms with Crippen molar-refractivity contribution in [2.45, 2.75) is 12.5 Å². The third kappa shape index (κ3) is 2.52. The Morgan fingerprint density at radius 1 is 2.00 bits per heavy atom. The number of terminal acetylenes is 1. The van der Waals surface area contributed by atoms with Gasteiger partial charge >= 0.3 is 0 Å². The molecule has 0 amide bonds. The summed E-state index contributed by atoms with van der Waals surface area (Å²) in [5, 5.41) is 0.454. The van der Waals surface area contributed by atoms with Gasteiger partial charge in [0.15, 0.2) is 5.60 Å². The topological polar surface area (TPSA) is 26.3 Å². The van der Waals surface area contributed by atoms with Gasteiger partial charge in [0.1, 0.15) is 0 Å². The second-order valence-corrected chi connectivity index (χ2v) is 2.28. The number of rotatable bonds is 3. The fraction of sp³-hybridized carbons (Fsp3) is 0.500. The molecule has 0 aromatic rings. The van der Waals surface area contributed by atoms with Crippen LogP contribution in [-0.2, 0) is 9.53 Å². The van der Waals surface area contributed by atoms with Gasteiger partial charge < -0.3 is 4.74 Å². The summed E-state index contributed by atoms with van der Waals surface area (Å²) in [6, 6.07) is 0. The maximum atomic E-state index is 9.80. The Morgan fingerprint density at radius 3 is 2.67 bits per heavy atom. The minimum atomic E-state index is -0.790. The van der Waals surface area contributed by atoms with Crippen LogP contribution in [0.25, 0.3) is 0 Å². The van der Waals surface area contributed by atoms with Crippen molar-refractivity contribution in [2.24, 2.45) is 0 Å². The maximum Gasteiger partial charge on any atom is 0.294 e. The molecule has 0 heterocycles. The molecule has 0 radical (unpaired) electrons. The van der Waals surface area contributed by atoms with Crippen LogP contribution < -0.4 is 0 Å². The molecule has 3 heteroatoms. The second-order valence-electron chi connectivity index (χ2n) is 1.72. The van der Waals surface area contributed by atoms with Crippen molar-refractivity contribution in [3.63, 3.8) is 0 Å². The molecule has 0 spiro atoms. The Labute approximate surface area is 62.7 Å². The van der Waals surface area contributed by atoms with E-state index in [0.29, 0.717) is 11.8 Å². The third-order valence-corrected chi connectivity index (χ3v) is 1.94. The van der Waals surface area contributed by atoms with Crippen LogP contribution in [0.15, 0.2) is 0 Å². The number of halogens is 1.